The minimum absolute atomic E-state index is 0.0669. The molecule has 0 saturated carbocycles. The summed E-state index contributed by atoms with van der Waals surface area (Å²) in [4.78, 5) is 14.8. The molecule has 4 nitrogen and oxygen atoms in total. The Balaban J connectivity index is 2.25. The number of halogens is 2. The molecule has 0 fully saturated rings. The summed E-state index contributed by atoms with van der Waals surface area (Å²) in [6, 6.07) is 4.51. The normalized spacial score (nSPS) is 12.6. The van der Waals surface area contributed by atoms with E-state index in [1.807, 2.05) is 0 Å². The van der Waals surface area contributed by atoms with Crippen LogP contribution in [0.1, 0.15) is 23.7 Å². The van der Waals surface area contributed by atoms with E-state index >= 15 is 0 Å². The van der Waals surface area contributed by atoms with Crippen molar-refractivity contribution in [2.75, 3.05) is 0 Å². The molecule has 1 heterocycles. The van der Waals surface area contributed by atoms with E-state index < -0.39 is 18.4 Å². The van der Waals surface area contributed by atoms with E-state index in [9.17, 15) is 13.6 Å². The highest BCUT2D eigenvalue weighted by molar-refractivity contribution is 7.13. The first-order chi connectivity index (χ1) is 8.99. The molecular weight excluding hydrogens is 274 g/mol. The Labute approximate surface area is 111 Å². The molecule has 19 heavy (non-hydrogen) atoms. The van der Waals surface area contributed by atoms with Crippen LogP contribution in [0.4, 0.5) is 8.78 Å². The van der Waals surface area contributed by atoms with E-state index in [1.165, 1.54) is 35.6 Å². The molecule has 0 radical (unpaired) electrons. The summed E-state index contributed by atoms with van der Waals surface area (Å²) in [6.07, 6.45) is -2.51. The zero-order valence-corrected chi connectivity index (χ0v) is 10.4. The number of nitrogens with zero attached hydrogens (tertiary/aromatic N) is 1. The maximum atomic E-state index is 12.4. The van der Waals surface area contributed by atoms with Gasteiger partial charge >= 0.3 is 5.97 Å². The molecule has 3 N–H and O–H groups in total. The van der Waals surface area contributed by atoms with Crippen molar-refractivity contribution in [1.82, 2.24) is 4.98 Å². The summed E-state index contributed by atoms with van der Waals surface area (Å²) >= 11 is 1.22. The van der Waals surface area contributed by atoms with E-state index in [4.69, 9.17) is 10.8 Å². The van der Waals surface area contributed by atoms with Crippen LogP contribution in [-0.2, 0) is 4.79 Å². The second-order valence-electron chi connectivity index (χ2n) is 3.82. The monoisotopic (exact) mass is 284 g/mol. The third-order valence-corrected chi connectivity index (χ3v) is 3.43. The zero-order chi connectivity index (χ0) is 14.0. The maximum Gasteiger partial charge on any atom is 0.326 e. The fourth-order valence-electron chi connectivity index (χ4n) is 1.46. The second-order valence-corrected chi connectivity index (χ2v) is 4.67. The van der Waals surface area contributed by atoms with Gasteiger partial charge in [0.25, 0.3) is 6.43 Å². The van der Waals surface area contributed by atoms with Crippen molar-refractivity contribution in [3.8, 4) is 10.6 Å². The van der Waals surface area contributed by atoms with Gasteiger partial charge in [0.15, 0.2) is 0 Å². The minimum Gasteiger partial charge on any atom is -0.480 e. The molecule has 2 aromatic rings. The van der Waals surface area contributed by atoms with Gasteiger partial charge in [0.1, 0.15) is 11.0 Å². The van der Waals surface area contributed by atoms with Gasteiger partial charge in [0.05, 0.1) is 5.69 Å². The van der Waals surface area contributed by atoms with Gasteiger partial charge in [-0.1, -0.05) is 24.3 Å². The van der Waals surface area contributed by atoms with Crippen molar-refractivity contribution >= 4 is 17.3 Å². The topological polar surface area (TPSA) is 76.2 Å². The highest BCUT2D eigenvalue weighted by Gasteiger charge is 2.18. The Morgan fingerprint density at radius 3 is 2.47 bits per heavy atom. The van der Waals surface area contributed by atoms with Crippen molar-refractivity contribution in [2.24, 2.45) is 5.73 Å². The van der Waals surface area contributed by atoms with E-state index in [0.717, 1.165) is 0 Å². The molecule has 2 rings (SSSR count). The fraction of sp³-hybridized carbons (Fsp3) is 0.167. The van der Waals surface area contributed by atoms with Crippen LogP contribution in [0.5, 0.6) is 0 Å². The molecule has 0 amide bonds. The van der Waals surface area contributed by atoms with Gasteiger partial charge in [-0.15, -0.1) is 11.3 Å². The van der Waals surface area contributed by atoms with Crippen LogP contribution in [0.15, 0.2) is 29.6 Å². The highest BCUT2D eigenvalue weighted by Crippen LogP contribution is 2.28. The number of alkyl halides is 2. The van der Waals surface area contributed by atoms with Crippen LogP contribution in [-0.4, -0.2) is 16.1 Å². The summed E-state index contributed by atoms with van der Waals surface area (Å²) in [5, 5.41) is 10.9. The first-order valence-corrected chi connectivity index (χ1v) is 6.19. The molecule has 1 unspecified atom stereocenters. The number of hydrogen-bond donors (Lipinski definition) is 2. The van der Waals surface area contributed by atoms with Crippen LogP contribution >= 0.6 is 11.3 Å². The largest absolute Gasteiger partial charge is 0.480 e. The lowest BCUT2D eigenvalue weighted by molar-refractivity contribution is -0.138. The lowest BCUT2D eigenvalue weighted by Gasteiger charge is -2.02. The molecule has 100 valence electrons. The van der Waals surface area contributed by atoms with Gasteiger partial charge in [-0.25, -0.2) is 13.8 Å². The summed E-state index contributed by atoms with van der Waals surface area (Å²) in [6.45, 7) is 0. The van der Waals surface area contributed by atoms with Crippen molar-refractivity contribution in [3.05, 3.63) is 40.9 Å². The Morgan fingerprint density at radius 2 is 1.95 bits per heavy atom. The first-order valence-electron chi connectivity index (χ1n) is 5.31. The van der Waals surface area contributed by atoms with Gasteiger partial charge in [0.2, 0.25) is 0 Å². The first kappa shape index (κ1) is 13.6. The van der Waals surface area contributed by atoms with E-state index in [0.29, 0.717) is 10.6 Å². The molecule has 1 aromatic carbocycles. The number of hydrogen-bond acceptors (Lipinski definition) is 4. The number of benzene rings is 1. The smallest absolute Gasteiger partial charge is 0.326 e. The van der Waals surface area contributed by atoms with Crippen molar-refractivity contribution in [2.45, 2.75) is 12.5 Å². The second kappa shape index (κ2) is 5.41. The molecule has 0 aliphatic carbocycles. The molecule has 0 aliphatic heterocycles. The molecule has 7 heteroatoms. The standard InChI is InChI=1S/C12H10F2N2O2S/c13-10(14)6-1-3-7(4-2-6)11-16-8(5-19-11)9(15)12(17)18/h1-5,9-10H,15H2,(H,17,18). The van der Waals surface area contributed by atoms with Gasteiger partial charge in [0, 0.05) is 16.5 Å². The van der Waals surface area contributed by atoms with Crippen LogP contribution in [0, 0.1) is 0 Å². The van der Waals surface area contributed by atoms with Crippen molar-refractivity contribution < 1.29 is 18.7 Å². The summed E-state index contributed by atoms with van der Waals surface area (Å²) in [5.74, 6) is -1.16. The SMILES string of the molecule is NC(C(=O)O)c1csc(-c2ccc(C(F)F)cc2)n1. The molecular formula is C12H10F2N2O2S. The number of aromatic nitrogens is 1. The summed E-state index contributed by atoms with van der Waals surface area (Å²) < 4.78 is 24.8. The summed E-state index contributed by atoms with van der Waals surface area (Å²) in [5.41, 5.74) is 6.28. The number of nitrogens with two attached hydrogens (primary N) is 1. The number of carboxylic acids is 1. The van der Waals surface area contributed by atoms with Gasteiger partial charge in [-0.3, -0.25) is 4.79 Å². The number of thiazole rings is 1. The van der Waals surface area contributed by atoms with Gasteiger partial charge in [-0.05, 0) is 0 Å². The Morgan fingerprint density at radius 1 is 1.32 bits per heavy atom. The fourth-order valence-corrected chi connectivity index (χ4v) is 2.32. The highest BCUT2D eigenvalue weighted by atomic mass is 32.1. The van der Waals surface area contributed by atoms with Crippen LogP contribution in [0.3, 0.4) is 0 Å². The molecule has 1 aromatic heterocycles. The number of carboxylic acid groups (broad SMARTS) is 1. The van der Waals surface area contributed by atoms with Crippen LogP contribution in [0.25, 0.3) is 10.6 Å². The quantitative estimate of drug-likeness (QED) is 0.905. The van der Waals surface area contributed by atoms with Crippen LogP contribution < -0.4 is 5.73 Å². The zero-order valence-electron chi connectivity index (χ0n) is 9.59. The van der Waals surface area contributed by atoms with E-state index in [2.05, 4.69) is 4.98 Å². The number of aliphatic carboxylic acids is 1. The Kier molecular flexibility index (Phi) is 3.87. The molecule has 1 atom stereocenters. The van der Waals surface area contributed by atoms with E-state index in [-0.39, 0.29) is 11.3 Å². The average molecular weight is 284 g/mol. The number of rotatable bonds is 4. The minimum atomic E-state index is -2.51. The van der Waals surface area contributed by atoms with Gasteiger partial charge in [-0.2, -0.15) is 0 Å². The lowest BCUT2D eigenvalue weighted by Crippen LogP contribution is -2.20. The van der Waals surface area contributed by atoms with Gasteiger partial charge < -0.3 is 10.8 Å². The average Bonchev–Trinajstić information content (AvgIpc) is 2.87. The predicted molar refractivity (Wildman–Crippen MR) is 67.1 cm³/mol. The third kappa shape index (κ3) is 2.94. The molecule has 0 saturated heterocycles. The summed E-state index contributed by atoms with van der Waals surface area (Å²) in [7, 11) is 0. The Bertz CT molecular complexity index is 584. The Hall–Kier alpha value is -1.86. The van der Waals surface area contributed by atoms with Crippen LogP contribution in [0.2, 0.25) is 0 Å². The van der Waals surface area contributed by atoms with E-state index in [1.54, 1.807) is 5.38 Å². The third-order valence-electron chi connectivity index (χ3n) is 2.52. The number of carbonyl (C=O) groups is 1. The molecule has 0 spiro atoms. The predicted octanol–water partition coefficient (Wildman–Crippen LogP) is 2.83. The van der Waals surface area contributed by atoms with Crippen molar-refractivity contribution in [1.29, 1.82) is 0 Å². The molecule has 0 aliphatic rings. The molecule has 0 bridgehead atoms. The lowest BCUT2D eigenvalue weighted by atomic mass is 10.1. The van der Waals surface area contributed by atoms with Crippen molar-refractivity contribution in [3.63, 3.8) is 0 Å². The maximum absolute atomic E-state index is 12.4.